The first-order chi connectivity index (χ1) is 49.5. The number of aryl methyl sites for hydroxylation is 5. The number of hydrogen-bond acceptors (Lipinski definition) is 17. The molecule has 0 amide bonds. The Kier molecular flexibility index (Phi) is 25.6. The average Bonchev–Trinajstić information content (AvgIpc) is 0.812. The first-order valence-corrected chi connectivity index (χ1v) is 36.3. The fourth-order valence-electron chi connectivity index (χ4n) is 14.1. The minimum atomic E-state index is 0.544. The topological polar surface area (TPSA) is 284 Å². The van der Waals surface area contributed by atoms with Crippen molar-refractivity contribution >= 4 is 61.1 Å². The van der Waals surface area contributed by atoms with Gasteiger partial charge in [0.1, 0.15) is 53.5 Å². The molecule has 0 bridgehead atoms. The Labute approximate surface area is 613 Å². The van der Waals surface area contributed by atoms with Gasteiger partial charge in [0.05, 0.1) is 41.0 Å². The highest BCUT2D eigenvalue weighted by molar-refractivity contribution is 7.72. The summed E-state index contributed by atoms with van der Waals surface area (Å²) in [6.07, 6.45) is 39.5. The molecular formula is C79H74N16OS5. The number of morpholine rings is 1. The fourth-order valence-corrected chi connectivity index (χ4v) is 15.5. The zero-order chi connectivity index (χ0) is 70.5. The quantitative estimate of drug-likeness (QED) is 0.0873. The zero-order valence-corrected chi connectivity index (χ0v) is 60.0. The van der Waals surface area contributed by atoms with E-state index in [1.54, 1.807) is 62.0 Å². The van der Waals surface area contributed by atoms with Crippen molar-refractivity contribution in [1.82, 2.24) is 55.2 Å². The van der Waals surface area contributed by atoms with Crippen LogP contribution in [0.3, 0.4) is 0 Å². The Morgan fingerprint density at radius 3 is 0.644 bits per heavy atom. The van der Waals surface area contributed by atoms with Crippen molar-refractivity contribution in [3.63, 3.8) is 0 Å². The molecule has 22 heteroatoms. The summed E-state index contributed by atoms with van der Waals surface area (Å²) >= 11 is 26.6. The van der Waals surface area contributed by atoms with Crippen molar-refractivity contribution in [1.29, 1.82) is 26.3 Å². The SMILES string of the molecule is C1COCCN1.N#Cc1c(-c2cccnc2)c2c([nH]c1=S)CCCC2.N#Cc1c(-c2cccnc2)c2c([nH]c1=S)CCCC2.N#Cc1c(-c2cccnc2)c2c([nH]c1=S)CCCC2.N#Cc1c(-c2cccnc2)c2c([nH]c1=S)CCCC2.N#Cc1c(-c2cccnc2)c2c([nH]c1=S)CCCC2. The second kappa shape index (κ2) is 35.8. The van der Waals surface area contributed by atoms with Crippen molar-refractivity contribution in [3.8, 4) is 86.0 Å². The van der Waals surface area contributed by atoms with Crippen molar-refractivity contribution in [2.75, 3.05) is 26.3 Å². The summed E-state index contributed by atoms with van der Waals surface area (Å²) in [5, 5.41) is 50.2. The number of nitrogens with zero attached hydrogens (tertiary/aromatic N) is 10. The summed E-state index contributed by atoms with van der Waals surface area (Å²) in [7, 11) is 0. The van der Waals surface area contributed by atoms with Crippen LogP contribution in [0.5, 0.6) is 0 Å². The molecule has 11 heterocycles. The van der Waals surface area contributed by atoms with Gasteiger partial charge in [-0.2, -0.15) is 26.3 Å². The van der Waals surface area contributed by atoms with E-state index < -0.39 is 0 Å². The van der Waals surface area contributed by atoms with Gasteiger partial charge in [0.2, 0.25) is 0 Å². The van der Waals surface area contributed by atoms with Gasteiger partial charge in [-0.3, -0.25) is 24.9 Å². The van der Waals surface area contributed by atoms with Crippen LogP contribution in [0.1, 0.15) is 148 Å². The largest absolute Gasteiger partial charge is 0.379 e. The number of H-pyrrole nitrogens is 5. The van der Waals surface area contributed by atoms with Gasteiger partial charge in [0, 0.05) is 159 Å². The van der Waals surface area contributed by atoms with Gasteiger partial charge >= 0.3 is 0 Å². The van der Waals surface area contributed by atoms with E-state index in [0.717, 1.165) is 178 Å². The van der Waals surface area contributed by atoms with Gasteiger partial charge < -0.3 is 35.0 Å². The lowest BCUT2D eigenvalue weighted by Crippen LogP contribution is -2.30. The van der Waals surface area contributed by atoms with E-state index in [9.17, 15) is 26.3 Å². The van der Waals surface area contributed by atoms with Crippen molar-refractivity contribution < 1.29 is 4.74 Å². The zero-order valence-electron chi connectivity index (χ0n) is 55.9. The maximum atomic E-state index is 9.41. The predicted octanol–water partition coefficient (Wildman–Crippen LogP) is 17.4. The second-order valence-electron chi connectivity index (χ2n) is 25.0. The lowest BCUT2D eigenvalue weighted by molar-refractivity contribution is 0.109. The van der Waals surface area contributed by atoms with Crippen LogP contribution in [0.15, 0.2) is 123 Å². The number of fused-ring (bicyclic) bond motifs is 5. The predicted molar refractivity (Wildman–Crippen MR) is 405 cm³/mol. The van der Waals surface area contributed by atoms with E-state index in [0.29, 0.717) is 51.0 Å². The van der Waals surface area contributed by atoms with Crippen LogP contribution in [0.4, 0.5) is 0 Å². The van der Waals surface area contributed by atoms with Crippen LogP contribution in [-0.4, -0.2) is 76.1 Å². The third-order valence-electron chi connectivity index (χ3n) is 18.7. The molecule has 1 aliphatic heterocycles. The number of aromatic nitrogens is 10. The standard InChI is InChI=1S/5C15H13N3S.C4H9NO/c5*16-8-12-14(10-4-3-7-17-9-10)11-5-1-2-6-13(11)18-15(12)19;1-3-6-4-2-5-1/h5*3-4,7,9H,1-2,5-6H2,(H,18,19);5H,1-4H2. The van der Waals surface area contributed by atoms with Gasteiger partial charge in [0.15, 0.2) is 0 Å². The van der Waals surface area contributed by atoms with E-state index in [1.807, 2.05) is 60.7 Å². The van der Waals surface area contributed by atoms with E-state index in [-0.39, 0.29) is 0 Å². The third kappa shape index (κ3) is 17.2. The first-order valence-electron chi connectivity index (χ1n) is 34.3. The molecule has 506 valence electrons. The monoisotopic (exact) mass is 1420 g/mol. The molecule has 16 rings (SSSR count). The van der Waals surface area contributed by atoms with E-state index >= 15 is 0 Å². The van der Waals surface area contributed by atoms with Crippen molar-refractivity contribution in [3.05, 3.63) is 230 Å². The number of aromatic amines is 5. The molecule has 6 N–H and O–H groups in total. The summed E-state index contributed by atoms with van der Waals surface area (Å²) in [5.41, 5.74) is 24.8. The Balaban J connectivity index is 0.000000124. The highest BCUT2D eigenvalue weighted by Crippen LogP contribution is 2.39. The van der Waals surface area contributed by atoms with E-state index in [2.05, 4.69) is 85.5 Å². The third-order valence-corrected chi connectivity index (χ3v) is 20.2. The average molecular weight is 1420 g/mol. The summed E-state index contributed by atoms with van der Waals surface area (Å²) < 4.78 is 7.72. The van der Waals surface area contributed by atoms with Gasteiger partial charge in [-0.1, -0.05) is 91.4 Å². The number of ether oxygens (including phenoxy) is 1. The Bertz CT molecular complexity index is 4400. The molecule has 0 atom stereocenters. The molecule has 10 aromatic rings. The molecule has 10 aromatic heterocycles. The number of nitriles is 5. The van der Waals surface area contributed by atoms with Gasteiger partial charge in [-0.15, -0.1) is 0 Å². The highest BCUT2D eigenvalue weighted by Gasteiger charge is 2.25. The minimum Gasteiger partial charge on any atom is -0.379 e. The smallest absolute Gasteiger partial charge is 0.122 e. The molecule has 1 saturated heterocycles. The van der Waals surface area contributed by atoms with Crippen LogP contribution in [0, 0.1) is 79.9 Å². The molecule has 101 heavy (non-hydrogen) atoms. The lowest BCUT2D eigenvalue weighted by Gasteiger charge is -2.20. The molecule has 0 aromatic carbocycles. The van der Waals surface area contributed by atoms with Crippen molar-refractivity contribution in [2.24, 2.45) is 0 Å². The summed E-state index contributed by atoms with van der Waals surface area (Å²) in [5.74, 6) is 0. The molecule has 0 radical (unpaired) electrons. The maximum absolute atomic E-state index is 9.41. The van der Waals surface area contributed by atoms with E-state index in [1.165, 1.54) is 88.4 Å². The lowest BCUT2D eigenvalue weighted by atomic mass is 9.87. The number of pyridine rings is 10. The summed E-state index contributed by atoms with van der Waals surface area (Å²) in [6.45, 7) is 3.83. The summed E-state index contributed by atoms with van der Waals surface area (Å²) in [4.78, 5) is 37.0. The molecule has 5 aliphatic carbocycles. The first kappa shape index (κ1) is 72.2. The molecular weight excluding hydrogens is 1350 g/mol. The van der Waals surface area contributed by atoms with Crippen LogP contribution in [0.25, 0.3) is 55.6 Å². The molecule has 0 spiro atoms. The molecule has 0 saturated carbocycles. The molecule has 0 unspecified atom stereocenters. The minimum absolute atomic E-state index is 0.544. The Morgan fingerprint density at radius 2 is 0.495 bits per heavy atom. The maximum Gasteiger partial charge on any atom is 0.122 e. The van der Waals surface area contributed by atoms with E-state index in [4.69, 9.17) is 65.8 Å². The molecule has 6 aliphatic rings. The number of hydrogen-bond donors (Lipinski definition) is 6. The Hall–Kier alpha value is -10.0. The van der Waals surface area contributed by atoms with Crippen LogP contribution >= 0.6 is 61.1 Å². The second-order valence-corrected chi connectivity index (χ2v) is 27.0. The number of nitrogens with one attached hydrogen (secondary N) is 6. The van der Waals surface area contributed by atoms with Crippen LogP contribution in [0.2, 0.25) is 0 Å². The summed E-state index contributed by atoms with van der Waals surface area (Å²) in [6, 6.07) is 30.7. The van der Waals surface area contributed by atoms with Crippen molar-refractivity contribution in [2.45, 2.75) is 128 Å². The Morgan fingerprint density at radius 1 is 0.297 bits per heavy atom. The van der Waals surface area contributed by atoms with Crippen LogP contribution < -0.4 is 5.32 Å². The van der Waals surface area contributed by atoms with Gasteiger partial charge in [0.25, 0.3) is 0 Å². The fraction of sp³-hybridized carbons (Fsp3) is 0.304. The highest BCUT2D eigenvalue weighted by atomic mass is 32.1. The molecule has 17 nitrogen and oxygen atoms in total. The molecule has 1 fully saturated rings. The van der Waals surface area contributed by atoms with Gasteiger partial charge in [-0.25, -0.2) is 0 Å². The van der Waals surface area contributed by atoms with Crippen LogP contribution in [-0.2, 0) is 68.9 Å². The van der Waals surface area contributed by atoms with Gasteiger partial charge in [-0.05, 0) is 187 Å². The normalized spacial score (nSPS) is 14.2. The number of rotatable bonds is 5.